The summed E-state index contributed by atoms with van der Waals surface area (Å²) in [6.45, 7) is 1.99. The van der Waals surface area contributed by atoms with Gasteiger partial charge in [0.1, 0.15) is 5.75 Å². The second-order valence-corrected chi connectivity index (χ2v) is 7.36. The molecule has 2 N–H and O–H groups in total. The molecule has 27 heavy (non-hydrogen) atoms. The molecule has 0 fully saturated rings. The molecule has 1 aliphatic carbocycles. The standard InChI is InChI=1S/C23H20N2O2/c1-13-5-10-16-17(24-13)11-12-19-22(16)21(14-6-8-15(26)9-7-14)23-18(25-19)3-2-4-20(23)27/h5-12,21,25-26H,2-4H2,1H3/t21-/m1/s1. The Morgan fingerprint density at radius 3 is 2.67 bits per heavy atom. The molecule has 4 heteroatoms. The van der Waals surface area contributed by atoms with Crippen molar-refractivity contribution in [2.45, 2.75) is 32.1 Å². The van der Waals surface area contributed by atoms with Crippen molar-refractivity contribution in [2.75, 3.05) is 5.32 Å². The number of Topliss-reactive ketones (excluding diaryl/α,β-unsaturated/α-hetero) is 1. The lowest BCUT2D eigenvalue weighted by Crippen LogP contribution is -2.27. The van der Waals surface area contributed by atoms with Crippen LogP contribution in [0.4, 0.5) is 5.69 Å². The number of anilines is 1. The Hall–Kier alpha value is -3.14. The van der Waals surface area contributed by atoms with E-state index < -0.39 is 0 Å². The van der Waals surface area contributed by atoms with Crippen molar-refractivity contribution in [3.05, 3.63) is 76.6 Å². The summed E-state index contributed by atoms with van der Waals surface area (Å²) in [6.07, 6.45) is 2.36. The first kappa shape index (κ1) is 16.1. The largest absolute Gasteiger partial charge is 0.508 e. The number of carbonyl (C=O) groups excluding carboxylic acids is 1. The quantitative estimate of drug-likeness (QED) is 0.657. The number of nitrogens with zero attached hydrogens (tertiary/aromatic N) is 1. The predicted octanol–water partition coefficient (Wildman–Crippen LogP) is 4.81. The lowest BCUT2D eigenvalue weighted by Gasteiger charge is -2.34. The SMILES string of the molecule is Cc1ccc2c3c(ccc2n1)NC1=C(C(=O)CCC1)[C@@H]3c1ccc(O)cc1. The van der Waals surface area contributed by atoms with Crippen molar-refractivity contribution in [3.8, 4) is 5.75 Å². The highest BCUT2D eigenvalue weighted by atomic mass is 16.3. The van der Waals surface area contributed by atoms with E-state index in [2.05, 4.69) is 22.4 Å². The summed E-state index contributed by atoms with van der Waals surface area (Å²) < 4.78 is 0. The molecular formula is C23H20N2O2. The molecule has 0 unspecified atom stereocenters. The Labute approximate surface area is 157 Å². The molecule has 0 amide bonds. The maximum atomic E-state index is 12.9. The van der Waals surface area contributed by atoms with E-state index in [9.17, 15) is 9.90 Å². The topological polar surface area (TPSA) is 62.2 Å². The zero-order chi connectivity index (χ0) is 18.5. The number of pyridine rings is 1. The minimum atomic E-state index is -0.141. The van der Waals surface area contributed by atoms with Crippen LogP contribution in [-0.2, 0) is 4.79 Å². The molecule has 0 saturated heterocycles. The number of rotatable bonds is 1. The summed E-state index contributed by atoms with van der Waals surface area (Å²) >= 11 is 0. The highest BCUT2D eigenvalue weighted by Gasteiger charge is 2.36. The molecule has 1 aromatic heterocycles. The average molecular weight is 356 g/mol. The second kappa shape index (κ2) is 5.95. The number of hydrogen-bond donors (Lipinski definition) is 2. The fourth-order valence-electron chi connectivity index (χ4n) is 4.38. The first-order chi connectivity index (χ1) is 13.1. The van der Waals surface area contributed by atoms with Gasteiger partial charge >= 0.3 is 0 Å². The molecule has 0 saturated carbocycles. The van der Waals surface area contributed by atoms with Crippen molar-refractivity contribution in [2.24, 2.45) is 0 Å². The van der Waals surface area contributed by atoms with Gasteiger partial charge < -0.3 is 10.4 Å². The van der Waals surface area contributed by atoms with Crippen LogP contribution in [0.15, 0.2) is 59.8 Å². The van der Waals surface area contributed by atoms with Crippen LogP contribution in [0.25, 0.3) is 10.9 Å². The van der Waals surface area contributed by atoms with E-state index in [1.165, 1.54) is 0 Å². The Morgan fingerprint density at radius 1 is 1.04 bits per heavy atom. The Morgan fingerprint density at radius 2 is 1.85 bits per heavy atom. The molecule has 134 valence electrons. The molecule has 2 heterocycles. The molecule has 2 aliphatic rings. The summed E-state index contributed by atoms with van der Waals surface area (Å²) in [6, 6.07) is 15.5. The number of phenolic OH excluding ortho intramolecular Hbond substituents is 1. The Balaban J connectivity index is 1.82. The van der Waals surface area contributed by atoms with Gasteiger partial charge in [-0.15, -0.1) is 0 Å². The third-order valence-corrected chi connectivity index (χ3v) is 5.60. The van der Waals surface area contributed by atoms with Gasteiger partial charge in [0, 0.05) is 40.4 Å². The normalized spacial score (nSPS) is 18.9. The van der Waals surface area contributed by atoms with Gasteiger partial charge in [0.2, 0.25) is 0 Å². The first-order valence-corrected chi connectivity index (χ1v) is 9.34. The number of allylic oxidation sites excluding steroid dienone is 2. The maximum Gasteiger partial charge on any atom is 0.161 e. The third-order valence-electron chi connectivity index (χ3n) is 5.60. The molecule has 3 aromatic rings. The smallest absolute Gasteiger partial charge is 0.161 e. The second-order valence-electron chi connectivity index (χ2n) is 7.36. The zero-order valence-corrected chi connectivity index (χ0v) is 15.1. The van der Waals surface area contributed by atoms with E-state index in [-0.39, 0.29) is 17.5 Å². The van der Waals surface area contributed by atoms with E-state index in [0.29, 0.717) is 6.42 Å². The summed E-state index contributed by atoms with van der Waals surface area (Å²) in [7, 11) is 0. The number of carbonyl (C=O) groups is 1. The van der Waals surface area contributed by atoms with Gasteiger partial charge in [-0.25, -0.2) is 0 Å². The fraction of sp³-hybridized carbons (Fsp3) is 0.217. The fourth-order valence-corrected chi connectivity index (χ4v) is 4.38. The van der Waals surface area contributed by atoms with Crippen molar-refractivity contribution >= 4 is 22.4 Å². The van der Waals surface area contributed by atoms with E-state index in [1.54, 1.807) is 12.1 Å². The third kappa shape index (κ3) is 2.52. The number of fused-ring (bicyclic) bond motifs is 3. The number of phenols is 1. The van der Waals surface area contributed by atoms with Crippen LogP contribution in [0.3, 0.4) is 0 Å². The van der Waals surface area contributed by atoms with E-state index in [4.69, 9.17) is 0 Å². The van der Waals surface area contributed by atoms with E-state index in [1.807, 2.05) is 31.2 Å². The van der Waals surface area contributed by atoms with Crippen LogP contribution >= 0.6 is 0 Å². The number of aromatic hydroxyl groups is 1. The van der Waals surface area contributed by atoms with Crippen LogP contribution in [0.1, 0.15) is 42.0 Å². The molecule has 5 rings (SSSR count). The summed E-state index contributed by atoms with van der Waals surface area (Å²) in [4.78, 5) is 17.6. The van der Waals surface area contributed by atoms with Gasteiger partial charge in [-0.05, 0) is 61.2 Å². The number of nitrogens with one attached hydrogen (secondary N) is 1. The Bertz CT molecular complexity index is 1110. The van der Waals surface area contributed by atoms with E-state index >= 15 is 0 Å². The number of benzene rings is 2. The molecule has 1 atom stereocenters. The van der Waals surface area contributed by atoms with Crippen LogP contribution < -0.4 is 5.32 Å². The van der Waals surface area contributed by atoms with Gasteiger partial charge in [-0.3, -0.25) is 9.78 Å². The average Bonchev–Trinajstić information content (AvgIpc) is 2.67. The maximum absolute atomic E-state index is 12.9. The summed E-state index contributed by atoms with van der Waals surface area (Å²) in [5, 5.41) is 14.3. The van der Waals surface area contributed by atoms with E-state index in [0.717, 1.165) is 57.5 Å². The molecule has 0 spiro atoms. The van der Waals surface area contributed by atoms with Crippen LogP contribution in [0.2, 0.25) is 0 Å². The number of aromatic nitrogens is 1. The molecule has 4 nitrogen and oxygen atoms in total. The number of hydrogen-bond acceptors (Lipinski definition) is 4. The lowest BCUT2D eigenvalue weighted by atomic mass is 9.74. The minimum absolute atomic E-state index is 0.141. The van der Waals surface area contributed by atoms with Gasteiger partial charge in [0.25, 0.3) is 0 Å². The molecule has 0 bridgehead atoms. The number of aryl methyl sites for hydroxylation is 1. The molecule has 1 aliphatic heterocycles. The van der Waals surface area contributed by atoms with Gasteiger partial charge in [0.05, 0.1) is 5.52 Å². The monoisotopic (exact) mass is 356 g/mol. The molecule has 0 radical (unpaired) electrons. The number of ketones is 1. The highest BCUT2D eigenvalue weighted by Crippen LogP contribution is 2.47. The van der Waals surface area contributed by atoms with Gasteiger partial charge in [0.15, 0.2) is 5.78 Å². The summed E-state index contributed by atoms with van der Waals surface area (Å²) in [5.41, 5.74) is 6.97. The van der Waals surface area contributed by atoms with Crippen LogP contribution in [0.5, 0.6) is 5.75 Å². The predicted molar refractivity (Wildman–Crippen MR) is 106 cm³/mol. The molecular weight excluding hydrogens is 336 g/mol. The zero-order valence-electron chi connectivity index (χ0n) is 15.1. The van der Waals surface area contributed by atoms with Gasteiger partial charge in [-0.2, -0.15) is 0 Å². The minimum Gasteiger partial charge on any atom is -0.508 e. The molecule has 2 aromatic carbocycles. The van der Waals surface area contributed by atoms with Crippen molar-refractivity contribution in [1.82, 2.24) is 4.98 Å². The van der Waals surface area contributed by atoms with Crippen molar-refractivity contribution in [3.63, 3.8) is 0 Å². The Kier molecular flexibility index (Phi) is 3.54. The summed E-state index contributed by atoms with van der Waals surface area (Å²) in [5.74, 6) is 0.301. The van der Waals surface area contributed by atoms with Crippen LogP contribution in [0, 0.1) is 6.92 Å². The van der Waals surface area contributed by atoms with Crippen molar-refractivity contribution in [1.29, 1.82) is 0 Å². The van der Waals surface area contributed by atoms with Crippen molar-refractivity contribution < 1.29 is 9.90 Å². The van der Waals surface area contributed by atoms with Gasteiger partial charge in [-0.1, -0.05) is 18.2 Å². The lowest BCUT2D eigenvalue weighted by molar-refractivity contribution is -0.116. The van der Waals surface area contributed by atoms with Crippen LogP contribution in [-0.4, -0.2) is 15.9 Å². The highest BCUT2D eigenvalue weighted by molar-refractivity contribution is 6.03. The first-order valence-electron chi connectivity index (χ1n) is 9.34.